The maximum atomic E-state index is 10.9. The summed E-state index contributed by atoms with van der Waals surface area (Å²) in [6, 6.07) is 15.5. The zero-order valence-electron chi connectivity index (χ0n) is 17.7. The van der Waals surface area contributed by atoms with E-state index >= 15 is 0 Å². The third kappa shape index (κ3) is 8.59. The van der Waals surface area contributed by atoms with E-state index < -0.39 is 12.1 Å². The summed E-state index contributed by atoms with van der Waals surface area (Å²) in [7, 11) is 0. The first kappa shape index (κ1) is 22.8. The van der Waals surface area contributed by atoms with Gasteiger partial charge in [0.05, 0.1) is 6.61 Å². The number of aliphatic carboxylic acids is 1. The van der Waals surface area contributed by atoms with Gasteiger partial charge in [0, 0.05) is 0 Å². The second kappa shape index (κ2) is 12.9. The van der Waals surface area contributed by atoms with Gasteiger partial charge in [-0.25, -0.2) is 4.79 Å². The average molecular weight is 399 g/mol. The highest BCUT2D eigenvalue weighted by atomic mass is 16.5. The molecule has 2 aromatic carbocycles. The number of hydrogen-bond donors (Lipinski definition) is 1. The maximum Gasteiger partial charge on any atom is 0.344 e. The highest BCUT2D eigenvalue weighted by molar-refractivity contribution is 5.72. The average Bonchev–Trinajstić information content (AvgIpc) is 2.73. The normalized spacial score (nSPS) is 11.8. The van der Waals surface area contributed by atoms with Gasteiger partial charge in [-0.3, -0.25) is 0 Å². The lowest BCUT2D eigenvalue weighted by molar-refractivity contribution is -0.144. The maximum absolute atomic E-state index is 10.9. The zero-order chi connectivity index (χ0) is 20.9. The van der Waals surface area contributed by atoms with Crippen molar-refractivity contribution in [1.82, 2.24) is 0 Å². The predicted octanol–water partition coefficient (Wildman–Crippen LogP) is 6.73. The van der Waals surface area contributed by atoms with Crippen LogP contribution in [0.2, 0.25) is 0 Å². The number of carbonyl (C=O) groups is 1. The summed E-state index contributed by atoms with van der Waals surface area (Å²) in [6.45, 7) is 4.53. The van der Waals surface area contributed by atoms with Gasteiger partial charge < -0.3 is 14.6 Å². The van der Waals surface area contributed by atoms with Crippen LogP contribution in [0.25, 0.3) is 11.1 Å². The summed E-state index contributed by atoms with van der Waals surface area (Å²) in [6.07, 6.45) is 9.52. The van der Waals surface area contributed by atoms with Gasteiger partial charge in [-0.1, -0.05) is 76.1 Å². The second-order valence-electron chi connectivity index (χ2n) is 7.47. The van der Waals surface area contributed by atoms with Crippen molar-refractivity contribution in [3.63, 3.8) is 0 Å². The van der Waals surface area contributed by atoms with Gasteiger partial charge in [-0.05, 0) is 48.7 Å². The van der Waals surface area contributed by atoms with Gasteiger partial charge in [0.1, 0.15) is 11.5 Å². The number of unbranched alkanes of at least 4 members (excludes halogenated alkanes) is 7. The molecule has 29 heavy (non-hydrogen) atoms. The quantitative estimate of drug-likeness (QED) is 0.359. The van der Waals surface area contributed by atoms with Crippen LogP contribution in [0.4, 0.5) is 0 Å². The molecule has 0 saturated carbocycles. The zero-order valence-corrected chi connectivity index (χ0v) is 17.7. The van der Waals surface area contributed by atoms with Crippen molar-refractivity contribution in [2.75, 3.05) is 6.61 Å². The molecule has 1 atom stereocenters. The Hall–Kier alpha value is -2.49. The van der Waals surface area contributed by atoms with Gasteiger partial charge in [0.15, 0.2) is 6.10 Å². The summed E-state index contributed by atoms with van der Waals surface area (Å²) >= 11 is 0. The SMILES string of the molecule is CCCCCCCCCCOc1ccc(-c2ccc(OC(C)C(=O)O)cc2)cc1. The Morgan fingerprint density at radius 2 is 1.28 bits per heavy atom. The molecule has 0 bridgehead atoms. The van der Waals surface area contributed by atoms with Crippen LogP contribution in [0.3, 0.4) is 0 Å². The second-order valence-corrected chi connectivity index (χ2v) is 7.47. The van der Waals surface area contributed by atoms with Crippen molar-refractivity contribution in [3.8, 4) is 22.6 Å². The molecule has 158 valence electrons. The first-order valence-corrected chi connectivity index (χ1v) is 10.8. The van der Waals surface area contributed by atoms with Gasteiger partial charge >= 0.3 is 5.97 Å². The highest BCUT2D eigenvalue weighted by Gasteiger charge is 2.12. The summed E-state index contributed by atoms with van der Waals surface area (Å²) in [5.41, 5.74) is 2.14. The summed E-state index contributed by atoms with van der Waals surface area (Å²) in [5, 5.41) is 8.91. The largest absolute Gasteiger partial charge is 0.494 e. The van der Waals surface area contributed by atoms with Crippen LogP contribution in [-0.4, -0.2) is 23.8 Å². The molecule has 2 rings (SSSR count). The molecule has 0 aliphatic heterocycles. The van der Waals surface area contributed by atoms with E-state index in [1.54, 1.807) is 12.1 Å². The first-order valence-electron chi connectivity index (χ1n) is 10.8. The van der Waals surface area contributed by atoms with Crippen LogP contribution >= 0.6 is 0 Å². The lowest BCUT2D eigenvalue weighted by Gasteiger charge is -2.11. The standard InChI is InChI=1S/C25H34O4/c1-3-4-5-6-7-8-9-10-19-28-23-15-11-21(12-16-23)22-13-17-24(18-14-22)29-20(2)25(26)27/h11-18,20H,3-10,19H2,1-2H3,(H,26,27). The molecule has 0 fully saturated rings. The smallest absolute Gasteiger partial charge is 0.344 e. The summed E-state index contributed by atoms with van der Waals surface area (Å²) < 4.78 is 11.2. The predicted molar refractivity (Wildman–Crippen MR) is 118 cm³/mol. The summed E-state index contributed by atoms with van der Waals surface area (Å²) in [5.74, 6) is 0.470. The molecule has 0 radical (unpaired) electrons. The van der Waals surface area contributed by atoms with E-state index in [4.69, 9.17) is 14.6 Å². The molecule has 0 heterocycles. The molecule has 1 unspecified atom stereocenters. The number of hydrogen-bond acceptors (Lipinski definition) is 3. The van der Waals surface area contributed by atoms with Crippen LogP contribution < -0.4 is 9.47 Å². The number of benzene rings is 2. The van der Waals surface area contributed by atoms with Gasteiger partial charge in [-0.15, -0.1) is 0 Å². The van der Waals surface area contributed by atoms with E-state index in [9.17, 15) is 4.79 Å². The van der Waals surface area contributed by atoms with Crippen LogP contribution in [0.1, 0.15) is 65.2 Å². The highest BCUT2D eigenvalue weighted by Crippen LogP contribution is 2.25. The lowest BCUT2D eigenvalue weighted by atomic mass is 10.1. The van der Waals surface area contributed by atoms with Crippen molar-refractivity contribution >= 4 is 5.97 Å². The first-order chi connectivity index (χ1) is 14.1. The Morgan fingerprint density at radius 3 is 1.79 bits per heavy atom. The van der Waals surface area contributed by atoms with E-state index in [1.165, 1.54) is 51.9 Å². The topological polar surface area (TPSA) is 55.8 Å². The van der Waals surface area contributed by atoms with E-state index in [2.05, 4.69) is 6.92 Å². The molecule has 0 aliphatic carbocycles. The van der Waals surface area contributed by atoms with Gasteiger partial charge in [0.2, 0.25) is 0 Å². The van der Waals surface area contributed by atoms with Crippen LogP contribution in [0, 0.1) is 0 Å². The van der Waals surface area contributed by atoms with E-state index in [-0.39, 0.29) is 0 Å². The van der Waals surface area contributed by atoms with Crippen molar-refractivity contribution in [2.24, 2.45) is 0 Å². The van der Waals surface area contributed by atoms with E-state index in [0.717, 1.165) is 29.9 Å². The van der Waals surface area contributed by atoms with Crippen molar-refractivity contribution in [2.45, 2.75) is 71.3 Å². The minimum atomic E-state index is -0.975. The lowest BCUT2D eigenvalue weighted by Crippen LogP contribution is -2.22. The number of ether oxygens (including phenoxy) is 2. The summed E-state index contributed by atoms with van der Waals surface area (Å²) in [4.78, 5) is 10.9. The van der Waals surface area contributed by atoms with Gasteiger partial charge in [0.25, 0.3) is 0 Å². The monoisotopic (exact) mass is 398 g/mol. The molecule has 2 aromatic rings. The fourth-order valence-electron chi connectivity index (χ4n) is 3.15. The molecule has 0 aromatic heterocycles. The Morgan fingerprint density at radius 1 is 0.793 bits per heavy atom. The van der Waals surface area contributed by atoms with E-state index in [1.807, 2.05) is 36.4 Å². The van der Waals surface area contributed by atoms with Crippen LogP contribution in [0.15, 0.2) is 48.5 Å². The van der Waals surface area contributed by atoms with E-state index in [0.29, 0.717) is 5.75 Å². The minimum Gasteiger partial charge on any atom is -0.494 e. The van der Waals surface area contributed by atoms with Crippen molar-refractivity contribution in [1.29, 1.82) is 0 Å². The fourth-order valence-corrected chi connectivity index (χ4v) is 3.15. The third-order valence-electron chi connectivity index (χ3n) is 4.97. The third-order valence-corrected chi connectivity index (χ3v) is 4.97. The Balaban J connectivity index is 1.71. The molecule has 4 nitrogen and oxygen atoms in total. The molecule has 0 aliphatic rings. The fraction of sp³-hybridized carbons (Fsp3) is 0.480. The van der Waals surface area contributed by atoms with Crippen molar-refractivity contribution in [3.05, 3.63) is 48.5 Å². The molecular weight excluding hydrogens is 364 g/mol. The minimum absolute atomic E-state index is 0.550. The van der Waals surface area contributed by atoms with Crippen LogP contribution in [-0.2, 0) is 4.79 Å². The number of carboxylic acid groups (broad SMARTS) is 1. The van der Waals surface area contributed by atoms with Crippen molar-refractivity contribution < 1.29 is 19.4 Å². The molecule has 4 heteroatoms. The molecule has 0 spiro atoms. The number of carboxylic acids is 1. The Bertz CT molecular complexity index is 707. The Kier molecular flexibility index (Phi) is 10.1. The molecule has 0 saturated heterocycles. The van der Waals surface area contributed by atoms with Crippen LogP contribution in [0.5, 0.6) is 11.5 Å². The Labute approximate surface area is 174 Å². The van der Waals surface area contributed by atoms with Gasteiger partial charge in [-0.2, -0.15) is 0 Å². The number of rotatable bonds is 14. The molecule has 1 N–H and O–H groups in total. The molecular formula is C25H34O4. The molecule has 0 amide bonds.